The molecule has 12 heteroatoms. The molecule has 11 nitrogen and oxygen atoms in total. The minimum atomic E-state index is -0.561. The van der Waals surface area contributed by atoms with Gasteiger partial charge in [0.2, 0.25) is 5.95 Å². The summed E-state index contributed by atoms with van der Waals surface area (Å²) in [6.07, 6.45) is 7.64. The number of fused-ring (bicyclic) bond motifs is 1. The Hall–Kier alpha value is -4.97. The molecule has 0 unspecified atom stereocenters. The molecule has 2 aromatic carbocycles. The third kappa shape index (κ3) is 6.20. The van der Waals surface area contributed by atoms with Crippen LogP contribution >= 0.6 is 0 Å². The van der Waals surface area contributed by atoms with Crippen molar-refractivity contribution in [2.45, 2.75) is 45.1 Å². The Bertz CT molecular complexity index is 1920. The van der Waals surface area contributed by atoms with E-state index in [0.29, 0.717) is 47.0 Å². The summed E-state index contributed by atoms with van der Waals surface area (Å²) in [5.41, 5.74) is 8.69. The van der Waals surface area contributed by atoms with Crippen molar-refractivity contribution in [2.75, 3.05) is 18.9 Å². The molecule has 0 radical (unpaired) electrons. The van der Waals surface area contributed by atoms with Gasteiger partial charge in [0, 0.05) is 43.6 Å². The lowest BCUT2D eigenvalue weighted by molar-refractivity contribution is -0.146. The third-order valence-corrected chi connectivity index (χ3v) is 7.53. The molecule has 3 aromatic heterocycles. The van der Waals surface area contributed by atoms with E-state index < -0.39 is 17.3 Å². The summed E-state index contributed by atoms with van der Waals surface area (Å²) < 4.78 is 29.3. The average molecular weight is 598 g/mol. The number of pyridine rings is 1. The number of aryl methyl sites for hydroxylation is 1. The average Bonchev–Trinajstić information content (AvgIpc) is 3.77. The van der Waals surface area contributed by atoms with Crippen molar-refractivity contribution >= 4 is 22.7 Å². The standard InChI is InChI=1S/C32H32FN7O4/c1-3-43-12-10-28(41)44-18-24-23(30-36-27(37-32(34)38-30)13-19-16-35-39(2)17-19)5-4-6-26(24)40-11-9-21-14-22(20-7-8-20)15-25(33)29(21)31(40)42/h4-6,9,11,14-17,20H,3,7-8,10,12-13,18H2,1-2H3,(H2,34,36,37,38). The summed E-state index contributed by atoms with van der Waals surface area (Å²) >= 11 is 0. The van der Waals surface area contributed by atoms with E-state index >= 15 is 4.39 Å². The maximum atomic E-state index is 15.4. The molecular formula is C32H32FN7O4. The van der Waals surface area contributed by atoms with Crippen molar-refractivity contribution in [3.8, 4) is 17.1 Å². The van der Waals surface area contributed by atoms with Crippen molar-refractivity contribution in [3.05, 3.63) is 93.7 Å². The molecule has 5 aromatic rings. The lowest BCUT2D eigenvalue weighted by Gasteiger charge is -2.17. The predicted octanol–water partition coefficient (Wildman–Crippen LogP) is 4.24. The second-order valence-electron chi connectivity index (χ2n) is 10.8. The molecule has 0 saturated heterocycles. The molecule has 6 rings (SSSR count). The number of nitrogens with two attached hydrogens (primary N) is 1. The number of nitrogens with zero attached hydrogens (tertiary/aromatic N) is 6. The van der Waals surface area contributed by atoms with Crippen LogP contribution in [-0.2, 0) is 34.3 Å². The highest BCUT2D eigenvalue weighted by Gasteiger charge is 2.26. The highest BCUT2D eigenvalue weighted by Crippen LogP contribution is 2.41. The summed E-state index contributed by atoms with van der Waals surface area (Å²) in [6, 6.07) is 10.3. The molecule has 2 N–H and O–H groups in total. The predicted molar refractivity (Wildman–Crippen MR) is 162 cm³/mol. The molecule has 3 heterocycles. The van der Waals surface area contributed by atoms with E-state index in [9.17, 15) is 9.59 Å². The number of carbonyl (C=O) groups excluding carboxylic acids is 1. The smallest absolute Gasteiger partial charge is 0.308 e. The SMILES string of the molecule is CCOCCC(=O)OCc1c(-c2nc(N)nc(Cc3cnn(C)c3)n2)cccc1-n1ccc2cc(C3CC3)cc(F)c2c1=O. The van der Waals surface area contributed by atoms with Gasteiger partial charge in [0.05, 0.1) is 30.3 Å². The van der Waals surface area contributed by atoms with E-state index in [1.165, 1.54) is 10.6 Å². The van der Waals surface area contributed by atoms with Crippen molar-refractivity contribution < 1.29 is 18.7 Å². The number of esters is 1. The molecule has 0 amide bonds. The Kier molecular flexibility index (Phi) is 8.16. The van der Waals surface area contributed by atoms with Gasteiger partial charge in [-0.15, -0.1) is 0 Å². The van der Waals surface area contributed by atoms with E-state index in [1.54, 1.807) is 41.3 Å². The number of benzene rings is 2. The minimum Gasteiger partial charge on any atom is -0.461 e. The van der Waals surface area contributed by atoms with Crippen LogP contribution in [-0.4, -0.2) is 48.5 Å². The largest absolute Gasteiger partial charge is 0.461 e. The quantitative estimate of drug-likeness (QED) is 0.175. The number of hydrogen-bond donors (Lipinski definition) is 1. The Labute approximate surface area is 252 Å². The summed E-state index contributed by atoms with van der Waals surface area (Å²) in [5, 5.41) is 4.72. The molecule has 0 aliphatic heterocycles. The van der Waals surface area contributed by atoms with Crippen LogP contribution in [0.15, 0.2) is 59.8 Å². The summed E-state index contributed by atoms with van der Waals surface area (Å²) in [6.45, 7) is 2.34. The second-order valence-corrected chi connectivity index (χ2v) is 10.8. The third-order valence-electron chi connectivity index (χ3n) is 7.53. The lowest BCUT2D eigenvalue weighted by atomic mass is 10.0. The fourth-order valence-electron chi connectivity index (χ4n) is 5.26. The monoisotopic (exact) mass is 597 g/mol. The first kappa shape index (κ1) is 29.1. The van der Waals surface area contributed by atoms with Crippen LogP contribution in [0.4, 0.5) is 10.3 Å². The molecule has 0 bridgehead atoms. The highest BCUT2D eigenvalue weighted by molar-refractivity contribution is 5.83. The Balaban J connectivity index is 1.44. The summed E-state index contributed by atoms with van der Waals surface area (Å²) in [4.78, 5) is 39.7. The van der Waals surface area contributed by atoms with Gasteiger partial charge in [0.25, 0.3) is 5.56 Å². The number of halogens is 1. The Morgan fingerprint density at radius 1 is 1.16 bits per heavy atom. The summed E-state index contributed by atoms with van der Waals surface area (Å²) in [7, 11) is 1.82. The first-order valence-corrected chi connectivity index (χ1v) is 14.5. The molecule has 1 fully saturated rings. The van der Waals surface area contributed by atoms with Gasteiger partial charge in [-0.2, -0.15) is 15.1 Å². The Morgan fingerprint density at radius 3 is 2.75 bits per heavy atom. The zero-order valence-electron chi connectivity index (χ0n) is 24.5. The molecule has 1 aliphatic carbocycles. The molecule has 0 spiro atoms. The van der Waals surface area contributed by atoms with Gasteiger partial charge in [-0.1, -0.05) is 18.2 Å². The lowest BCUT2D eigenvalue weighted by Crippen LogP contribution is -2.21. The minimum absolute atomic E-state index is 0.00914. The maximum absolute atomic E-state index is 15.4. The molecule has 0 atom stereocenters. The van der Waals surface area contributed by atoms with E-state index in [2.05, 4.69) is 20.1 Å². The van der Waals surface area contributed by atoms with Crippen molar-refractivity contribution in [1.29, 1.82) is 0 Å². The number of anilines is 1. The van der Waals surface area contributed by atoms with Gasteiger partial charge >= 0.3 is 5.97 Å². The van der Waals surface area contributed by atoms with Crippen LogP contribution in [0.1, 0.15) is 54.6 Å². The van der Waals surface area contributed by atoms with Crippen LogP contribution in [0.3, 0.4) is 0 Å². The zero-order chi connectivity index (χ0) is 30.8. The maximum Gasteiger partial charge on any atom is 0.308 e. The zero-order valence-corrected chi connectivity index (χ0v) is 24.5. The molecule has 226 valence electrons. The van der Waals surface area contributed by atoms with E-state index in [1.807, 2.05) is 26.2 Å². The number of hydrogen-bond acceptors (Lipinski definition) is 9. The van der Waals surface area contributed by atoms with Gasteiger partial charge in [0.1, 0.15) is 18.2 Å². The second kappa shape index (κ2) is 12.3. The molecule has 1 aliphatic rings. The number of nitrogen functional groups attached to an aromatic ring is 1. The number of rotatable bonds is 11. The van der Waals surface area contributed by atoms with Crippen molar-refractivity contribution in [3.63, 3.8) is 0 Å². The van der Waals surface area contributed by atoms with Crippen LogP contribution < -0.4 is 11.3 Å². The first-order chi connectivity index (χ1) is 21.3. The van der Waals surface area contributed by atoms with E-state index in [0.717, 1.165) is 24.0 Å². The van der Waals surface area contributed by atoms with Gasteiger partial charge in [0.15, 0.2) is 5.82 Å². The fraction of sp³-hybridized carbons (Fsp3) is 0.312. The topological polar surface area (TPSA) is 140 Å². The van der Waals surface area contributed by atoms with Gasteiger partial charge in [-0.25, -0.2) is 9.37 Å². The van der Waals surface area contributed by atoms with Crippen LogP contribution in [0.2, 0.25) is 0 Å². The summed E-state index contributed by atoms with van der Waals surface area (Å²) in [5.74, 6) is -0.0249. The van der Waals surface area contributed by atoms with Gasteiger partial charge in [-0.05, 0) is 60.4 Å². The van der Waals surface area contributed by atoms with Crippen LogP contribution in [0, 0.1) is 5.82 Å². The normalized spacial score (nSPS) is 13.0. The van der Waals surface area contributed by atoms with E-state index in [4.69, 9.17) is 15.2 Å². The van der Waals surface area contributed by atoms with Crippen molar-refractivity contribution in [1.82, 2.24) is 29.3 Å². The number of carbonyl (C=O) groups is 1. The molecule has 1 saturated carbocycles. The fourth-order valence-corrected chi connectivity index (χ4v) is 5.26. The van der Waals surface area contributed by atoms with Gasteiger partial charge in [-0.3, -0.25) is 18.8 Å². The molecule has 44 heavy (non-hydrogen) atoms. The molecular weight excluding hydrogens is 565 g/mol. The number of ether oxygens (including phenoxy) is 2. The van der Waals surface area contributed by atoms with Crippen LogP contribution in [0.5, 0.6) is 0 Å². The van der Waals surface area contributed by atoms with Gasteiger partial charge < -0.3 is 15.2 Å². The van der Waals surface area contributed by atoms with Crippen LogP contribution in [0.25, 0.3) is 27.8 Å². The Morgan fingerprint density at radius 2 is 2.00 bits per heavy atom. The van der Waals surface area contributed by atoms with Crippen molar-refractivity contribution in [2.24, 2.45) is 7.05 Å². The first-order valence-electron chi connectivity index (χ1n) is 14.5. The highest BCUT2D eigenvalue weighted by atomic mass is 19.1. The van der Waals surface area contributed by atoms with E-state index in [-0.39, 0.29) is 36.8 Å². The number of aromatic nitrogens is 6.